The lowest BCUT2D eigenvalue weighted by molar-refractivity contribution is -0.116. The second kappa shape index (κ2) is 7.67. The van der Waals surface area contributed by atoms with Crippen LogP contribution in [-0.4, -0.2) is 38.6 Å². The van der Waals surface area contributed by atoms with Crippen LogP contribution < -0.4 is 10.6 Å². The number of hydrogen-bond acceptors (Lipinski definition) is 6. The number of nitrogens with one attached hydrogen (secondary N) is 2. The quantitative estimate of drug-likeness (QED) is 0.700. The van der Waals surface area contributed by atoms with Gasteiger partial charge in [-0.15, -0.1) is 16.4 Å². The number of carbonyl (C=O) groups is 2. The Balaban J connectivity index is 1.53. The maximum atomic E-state index is 12.0. The molecule has 3 aromatic rings. The summed E-state index contributed by atoms with van der Waals surface area (Å²) in [7, 11) is 1.75. The summed E-state index contributed by atoms with van der Waals surface area (Å²) >= 11 is 1.36. The molecule has 0 saturated heterocycles. The van der Waals surface area contributed by atoms with Crippen LogP contribution in [0.25, 0.3) is 11.4 Å². The highest BCUT2D eigenvalue weighted by molar-refractivity contribution is 7.12. The first-order chi connectivity index (χ1) is 12.1. The van der Waals surface area contributed by atoms with Gasteiger partial charge in [0.25, 0.3) is 5.91 Å². The molecule has 2 amide bonds. The minimum Gasteiger partial charge on any atom is -0.351 e. The molecule has 0 bridgehead atoms. The van der Waals surface area contributed by atoms with Gasteiger partial charge in [0.1, 0.15) is 0 Å². The van der Waals surface area contributed by atoms with Gasteiger partial charge in [0.05, 0.1) is 4.88 Å². The van der Waals surface area contributed by atoms with Crippen molar-refractivity contribution >= 4 is 28.8 Å². The fourth-order valence-electron chi connectivity index (χ4n) is 2.22. The molecule has 0 atom stereocenters. The molecule has 25 heavy (non-hydrogen) atoms. The third-order valence-corrected chi connectivity index (χ3v) is 4.28. The van der Waals surface area contributed by atoms with Crippen LogP contribution in [0.3, 0.4) is 0 Å². The average Bonchev–Trinajstić information content (AvgIpc) is 3.26. The molecule has 9 heteroatoms. The molecule has 0 fully saturated rings. The molecule has 0 aliphatic rings. The summed E-state index contributed by atoms with van der Waals surface area (Å²) in [6.45, 7) is 0.273. The smallest absolute Gasteiger partial charge is 0.261 e. The average molecular weight is 356 g/mol. The Labute approximate surface area is 147 Å². The molecule has 8 nitrogen and oxygen atoms in total. The number of hydrogen-bond donors (Lipinski definition) is 2. The van der Waals surface area contributed by atoms with Crippen molar-refractivity contribution in [3.8, 4) is 11.4 Å². The van der Waals surface area contributed by atoms with Crippen molar-refractivity contribution in [3.63, 3.8) is 0 Å². The number of nitrogens with zero attached hydrogens (tertiary/aromatic N) is 4. The molecule has 128 valence electrons. The number of aryl methyl sites for hydroxylation is 1. The summed E-state index contributed by atoms with van der Waals surface area (Å²) in [4.78, 5) is 24.5. The Kier molecular flexibility index (Phi) is 5.14. The molecule has 2 heterocycles. The Bertz CT molecular complexity index is 874. The zero-order valence-electron chi connectivity index (χ0n) is 13.5. The second-order valence-electron chi connectivity index (χ2n) is 5.24. The van der Waals surface area contributed by atoms with Gasteiger partial charge in [-0.25, -0.2) is 4.68 Å². The van der Waals surface area contributed by atoms with Crippen molar-refractivity contribution in [2.45, 2.75) is 6.42 Å². The van der Waals surface area contributed by atoms with Gasteiger partial charge in [-0.1, -0.05) is 18.2 Å². The molecule has 2 aromatic heterocycles. The standard InChI is InChI=1S/C16H16N6O2S/c1-22-15(19-20-21-22)11-4-2-5-12(10-11)18-14(23)7-8-17-16(24)13-6-3-9-25-13/h2-6,9-10H,7-8H2,1H3,(H,17,24)(H,18,23). The van der Waals surface area contributed by atoms with Crippen molar-refractivity contribution in [2.75, 3.05) is 11.9 Å². The maximum Gasteiger partial charge on any atom is 0.261 e. The van der Waals surface area contributed by atoms with Crippen LogP contribution in [0.15, 0.2) is 41.8 Å². The molecule has 0 saturated carbocycles. The number of anilines is 1. The summed E-state index contributed by atoms with van der Waals surface area (Å²) in [6.07, 6.45) is 0.187. The van der Waals surface area contributed by atoms with Crippen molar-refractivity contribution < 1.29 is 9.59 Å². The molecule has 0 aliphatic carbocycles. The summed E-state index contributed by atoms with van der Waals surface area (Å²) in [5.41, 5.74) is 1.45. The molecule has 0 unspecified atom stereocenters. The van der Waals surface area contributed by atoms with Crippen LogP contribution in [0, 0.1) is 0 Å². The molecular weight excluding hydrogens is 340 g/mol. The highest BCUT2D eigenvalue weighted by atomic mass is 32.1. The lowest BCUT2D eigenvalue weighted by Gasteiger charge is -2.07. The summed E-state index contributed by atoms with van der Waals surface area (Å²) in [5.74, 6) is 0.263. The van der Waals surface area contributed by atoms with E-state index in [4.69, 9.17) is 0 Å². The van der Waals surface area contributed by atoms with Gasteiger partial charge < -0.3 is 10.6 Å². The Hall–Kier alpha value is -3.07. The number of thiophene rings is 1. The van der Waals surface area contributed by atoms with Gasteiger partial charge in [-0.2, -0.15) is 0 Å². The number of amides is 2. The van der Waals surface area contributed by atoms with E-state index in [9.17, 15) is 9.59 Å². The van der Waals surface area contributed by atoms with Crippen LogP contribution in [0.5, 0.6) is 0 Å². The highest BCUT2D eigenvalue weighted by Crippen LogP contribution is 2.19. The van der Waals surface area contributed by atoms with E-state index in [0.29, 0.717) is 16.4 Å². The van der Waals surface area contributed by atoms with Gasteiger partial charge in [0, 0.05) is 31.3 Å². The molecule has 0 spiro atoms. The first-order valence-corrected chi connectivity index (χ1v) is 8.46. The number of carbonyl (C=O) groups excluding carboxylic acids is 2. The predicted octanol–water partition coefficient (Wildman–Crippen LogP) is 1.70. The number of benzene rings is 1. The van der Waals surface area contributed by atoms with Crippen molar-refractivity contribution in [1.82, 2.24) is 25.5 Å². The van der Waals surface area contributed by atoms with Gasteiger partial charge >= 0.3 is 0 Å². The predicted molar refractivity (Wildman–Crippen MR) is 94.1 cm³/mol. The van der Waals surface area contributed by atoms with Gasteiger partial charge in [-0.05, 0) is 34.0 Å². The topological polar surface area (TPSA) is 102 Å². The number of tetrazole rings is 1. The minimum absolute atomic E-state index is 0.167. The van der Waals surface area contributed by atoms with Gasteiger partial charge in [0.2, 0.25) is 5.91 Å². The van der Waals surface area contributed by atoms with Crippen LogP contribution in [0.2, 0.25) is 0 Å². The van der Waals surface area contributed by atoms with E-state index in [2.05, 4.69) is 26.2 Å². The van der Waals surface area contributed by atoms with E-state index in [1.165, 1.54) is 11.3 Å². The minimum atomic E-state index is -0.181. The largest absolute Gasteiger partial charge is 0.351 e. The van der Waals surface area contributed by atoms with Crippen LogP contribution >= 0.6 is 11.3 Å². The van der Waals surface area contributed by atoms with Gasteiger partial charge in [0.15, 0.2) is 5.82 Å². The van der Waals surface area contributed by atoms with E-state index in [-0.39, 0.29) is 24.8 Å². The van der Waals surface area contributed by atoms with Crippen molar-refractivity contribution in [2.24, 2.45) is 7.05 Å². The first kappa shape index (κ1) is 16.8. The monoisotopic (exact) mass is 356 g/mol. The summed E-state index contributed by atoms with van der Waals surface area (Å²) in [5, 5.41) is 18.7. The van der Waals surface area contributed by atoms with Crippen LogP contribution in [0.4, 0.5) is 5.69 Å². The first-order valence-electron chi connectivity index (χ1n) is 7.58. The third-order valence-electron chi connectivity index (χ3n) is 3.41. The Morgan fingerprint density at radius 3 is 2.84 bits per heavy atom. The van der Waals surface area contributed by atoms with Crippen molar-refractivity contribution in [1.29, 1.82) is 0 Å². The van der Waals surface area contributed by atoms with Crippen molar-refractivity contribution in [3.05, 3.63) is 46.7 Å². The molecule has 0 aliphatic heterocycles. The SMILES string of the molecule is Cn1nnnc1-c1cccc(NC(=O)CCNC(=O)c2cccs2)c1. The van der Waals surface area contributed by atoms with E-state index in [0.717, 1.165) is 5.56 Å². The zero-order chi connectivity index (χ0) is 17.6. The fraction of sp³-hybridized carbons (Fsp3) is 0.188. The maximum absolute atomic E-state index is 12.0. The van der Waals surface area contributed by atoms with E-state index < -0.39 is 0 Å². The van der Waals surface area contributed by atoms with Crippen LogP contribution in [-0.2, 0) is 11.8 Å². The van der Waals surface area contributed by atoms with Crippen LogP contribution in [0.1, 0.15) is 16.1 Å². The number of rotatable bonds is 6. The second-order valence-corrected chi connectivity index (χ2v) is 6.19. The highest BCUT2D eigenvalue weighted by Gasteiger charge is 2.09. The molecular formula is C16H16N6O2S. The molecule has 3 rings (SSSR count). The lowest BCUT2D eigenvalue weighted by Crippen LogP contribution is -2.27. The zero-order valence-corrected chi connectivity index (χ0v) is 14.3. The summed E-state index contributed by atoms with van der Waals surface area (Å²) < 4.78 is 1.56. The Morgan fingerprint density at radius 2 is 2.12 bits per heavy atom. The molecule has 1 aromatic carbocycles. The molecule has 2 N–H and O–H groups in total. The summed E-state index contributed by atoms with van der Waals surface area (Å²) in [6, 6.07) is 10.8. The van der Waals surface area contributed by atoms with E-state index in [1.807, 2.05) is 23.6 Å². The fourth-order valence-corrected chi connectivity index (χ4v) is 2.86. The Morgan fingerprint density at radius 1 is 1.24 bits per heavy atom. The van der Waals surface area contributed by atoms with E-state index >= 15 is 0 Å². The normalized spacial score (nSPS) is 10.4. The lowest BCUT2D eigenvalue weighted by atomic mass is 10.2. The number of aromatic nitrogens is 4. The molecule has 0 radical (unpaired) electrons. The third kappa shape index (κ3) is 4.27. The van der Waals surface area contributed by atoms with Gasteiger partial charge in [-0.3, -0.25) is 9.59 Å². The van der Waals surface area contributed by atoms with E-state index in [1.54, 1.807) is 29.9 Å².